The van der Waals surface area contributed by atoms with Gasteiger partial charge >= 0.3 is 0 Å². The van der Waals surface area contributed by atoms with Crippen LogP contribution >= 0.6 is 0 Å². The van der Waals surface area contributed by atoms with Crippen LogP contribution in [0.5, 0.6) is 11.5 Å². The molecule has 1 heterocycles. The Balaban J connectivity index is 2.37. The van der Waals surface area contributed by atoms with Crippen LogP contribution in [0.1, 0.15) is 45.8 Å². The minimum atomic E-state index is -0.660. The van der Waals surface area contributed by atoms with Crippen LogP contribution in [0.25, 0.3) is 0 Å². The second kappa shape index (κ2) is 5.50. The van der Waals surface area contributed by atoms with Crippen molar-refractivity contribution in [1.82, 2.24) is 0 Å². The third kappa shape index (κ3) is 3.16. The predicted octanol–water partition coefficient (Wildman–Crippen LogP) is 3.33. The van der Waals surface area contributed by atoms with E-state index in [1.165, 1.54) is 0 Å². The van der Waals surface area contributed by atoms with E-state index in [1.54, 1.807) is 14.2 Å². The molecule has 1 fully saturated rings. The standard InChI is InChI=1S/C17H26O4/c1-16(2)10-13(17(3,4)21-16)15(18)12-9-11(19-5)7-8-14(12)20-6/h7-9,13,15,18H,10H2,1-6H3. The molecule has 21 heavy (non-hydrogen) atoms. The zero-order chi connectivity index (χ0) is 15.8. The number of hydrogen-bond acceptors (Lipinski definition) is 4. The van der Waals surface area contributed by atoms with Crippen LogP contribution in [0.15, 0.2) is 18.2 Å². The molecule has 118 valence electrons. The molecule has 0 aromatic heterocycles. The monoisotopic (exact) mass is 294 g/mol. The van der Waals surface area contributed by atoms with Gasteiger partial charge in [0.25, 0.3) is 0 Å². The van der Waals surface area contributed by atoms with E-state index in [9.17, 15) is 5.11 Å². The van der Waals surface area contributed by atoms with Crippen LogP contribution in [-0.2, 0) is 4.74 Å². The number of aliphatic hydroxyl groups is 1. The Morgan fingerprint density at radius 3 is 2.33 bits per heavy atom. The SMILES string of the molecule is COc1ccc(OC)c(C(O)C2CC(C)(C)OC2(C)C)c1. The van der Waals surface area contributed by atoms with Crippen molar-refractivity contribution < 1.29 is 19.3 Å². The molecule has 1 aliphatic heterocycles. The molecule has 1 aromatic rings. The normalized spacial score (nSPS) is 24.6. The lowest BCUT2D eigenvalue weighted by atomic mass is 9.80. The molecular weight excluding hydrogens is 268 g/mol. The summed E-state index contributed by atoms with van der Waals surface area (Å²) in [6.45, 7) is 8.18. The highest BCUT2D eigenvalue weighted by atomic mass is 16.5. The van der Waals surface area contributed by atoms with Gasteiger partial charge in [0.15, 0.2) is 0 Å². The topological polar surface area (TPSA) is 47.9 Å². The lowest BCUT2D eigenvalue weighted by Gasteiger charge is -2.31. The van der Waals surface area contributed by atoms with Gasteiger partial charge in [0.2, 0.25) is 0 Å². The minimum Gasteiger partial charge on any atom is -0.497 e. The highest BCUT2D eigenvalue weighted by Crippen LogP contribution is 2.49. The summed E-state index contributed by atoms with van der Waals surface area (Å²) in [5.74, 6) is 1.37. The van der Waals surface area contributed by atoms with Gasteiger partial charge in [0.05, 0.1) is 31.5 Å². The summed E-state index contributed by atoms with van der Waals surface area (Å²) in [7, 11) is 3.22. The van der Waals surface area contributed by atoms with Gasteiger partial charge in [-0.05, 0) is 52.3 Å². The van der Waals surface area contributed by atoms with Crippen molar-refractivity contribution in [2.75, 3.05) is 14.2 Å². The van der Waals surface area contributed by atoms with E-state index in [1.807, 2.05) is 32.0 Å². The van der Waals surface area contributed by atoms with E-state index in [-0.39, 0.29) is 11.5 Å². The van der Waals surface area contributed by atoms with Crippen LogP contribution in [0, 0.1) is 5.92 Å². The first kappa shape index (κ1) is 16.1. The van der Waals surface area contributed by atoms with E-state index in [2.05, 4.69) is 13.8 Å². The average molecular weight is 294 g/mol. The minimum absolute atomic E-state index is 0.00601. The first-order valence-electron chi connectivity index (χ1n) is 7.30. The maximum atomic E-state index is 10.9. The molecule has 1 N–H and O–H groups in total. The zero-order valence-electron chi connectivity index (χ0n) is 13.8. The number of benzene rings is 1. The number of aliphatic hydroxyl groups excluding tert-OH is 1. The Bertz CT molecular complexity index is 508. The van der Waals surface area contributed by atoms with E-state index in [4.69, 9.17) is 14.2 Å². The van der Waals surface area contributed by atoms with E-state index in [0.717, 1.165) is 12.0 Å². The molecule has 0 radical (unpaired) electrons. The van der Waals surface area contributed by atoms with Crippen molar-refractivity contribution in [2.45, 2.75) is 51.4 Å². The first-order chi connectivity index (χ1) is 9.70. The van der Waals surface area contributed by atoms with Gasteiger partial charge in [0, 0.05) is 11.5 Å². The van der Waals surface area contributed by atoms with Crippen molar-refractivity contribution in [2.24, 2.45) is 5.92 Å². The van der Waals surface area contributed by atoms with E-state index in [0.29, 0.717) is 11.5 Å². The van der Waals surface area contributed by atoms with Crippen LogP contribution in [0.3, 0.4) is 0 Å². The van der Waals surface area contributed by atoms with Crippen molar-refractivity contribution in [1.29, 1.82) is 0 Å². The Kier molecular flexibility index (Phi) is 4.22. The predicted molar refractivity (Wildman–Crippen MR) is 81.9 cm³/mol. The van der Waals surface area contributed by atoms with Crippen LogP contribution in [0.4, 0.5) is 0 Å². The van der Waals surface area contributed by atoms with Gasteiger partial charge in [-0.25, -0.2) is 0 Å². The van der Waals surface area contributed by atoms with Crippen molar-refractivity contribution in [3.63, 3.8) is 0 Å². The summed E-state index contributed by atoms with van der Waals surface area (Å²) >= 11 is 0. The molecule has 2 rings (SSSR count). The van der Waals surface area contributed by atoms with Crippen LogP contribution in [0.2, 0.25) is 0 Å². The second-order valence-corrected chi connectivity index (χ2v) is 6.83. The highest BCUT2D eigenvalue weighted by Gasteiger charge is 2.49. The fourth-order valence-electron chi connectivity index (χ4n) is 3.38. The number of ether oxygens (including phenoxy) is 3. The molecule has 0 saturated carbocycles. The lowest BCUT2D eigenvalue weighted by Crippen LogP contribution is -2.32. The van der Waals surface area contributed by atoms with Gasteiger partial charge in [-0.1, -0.05) is 0 Å². The number of methoxy groups -OCH3 is 2. The molecule has 1 aromatic carbocycles. The van der Waals surface area contributed by atoms with Gasteiger partial charge < -0.3 is 19.3 Å². The molecule has 4 nitrogen and oxygen atoms in total. The first-order valence-corrected chi connectivity index (χ1v) is 7.30. The maximum absolute atomic E-state index is 10.9. The molecule has 2 unspecified atom stereocenters. The van der Waals surface area contributed by atoms with Crippen LogP contribution < -0.4 is 9.47 Å². The second-order valence-electron chi connectivity index (χ2n) is 6.83. The zero-order valence-corrected chi connectivity index (χ0v) is 13.8. The largest absolute Gasteiger partial charge is 0.497 e. The summed E-state index contributed by atoms with van der Waals surface area (Å²) in [6.07, 6.45) is 0.133. The molecule has 2 atom stereocenters. The summed E-state index contributed by atoms with van der Waals surface area (Å²) in [5, 5.41) is 10.9. The third-order valence-electron chi connectivity index (χ3n) is 4.28. The van der Waals surface area contributed by atoms with Gasteiger partial charge in [-0.2, -0.15) is 0 Å². The van der Waals surface area contributed by atoms with Gasteiger partial charge in [-0.3, -0.25) is 0 Å². The fourth-order valence-corrected chi connectivity index (χ4v) is 3.38. The highest BCUT2D eigenvalue weighted by molar-refractivity contribution is 5.42. The fraction of sp³-hybridized carbons (Fsp3) is 0.647. The van der Waals surface area contributed by atoms with Crippen molar-refractivity contribution in [3.05, 3.63) is 23.8 Å². The van der Waals surface area contributed by atoms with Crippen LogP contribution in [-0.4, -0.2) is 30.5 Å². The smallest absolute Gasteiger partial charge is 0.124 e. The van der Waals surface area contributed by atoms with Gasteiger partial charge in [0.1, 0.15) is 11.5 Å². The Morgan fingerprint density at radius 2 is 1.86 bits per heavy atom. The number of hydrogen-bond donors (Lipinski definition) is 1. The molecule has 0 aliphatic carbocycles. The molecule has 1 saturated heterocycles. The van der Waals surface area contributed by atoms with E-state index < -0.39 is 11.7 Å². The summed E-state index contributed by atoms with van der Waals surface area (Å²) < 4.78 is 16.7. The molecule has 0 amide bonds. The molecule has 0 spiro atoms. The summed E-state index contributed by atoms with van der Waals surface area (Å²) in [4.78, 5) is 0. The summed E-state index contributed by atoms with van der Waals surface area (Å²) in [5.41, 5.74) is 0.120. The molecular formula is C17H26O4. The third-order valence-corrected chi connectivity index (χ3v) is 4.28. The lowest BCUT2D eigenvalue weighted by molar-refractivity contribution is -0.0881. The Morgan fingerprint density at radius 1 is 1.19 bits per heavy atom. The van der Waals surface area contributed by atoms with Crippen molar-refractivity contribution in [3.8, 4) is 11.5 Å². The van der Waals surface area contributed by atoms with Crippen molar-refractivity contribution >= 4 is 0 Å². The quantitative estimate of drug-likeness (QED) is 0.925. The van der Waals surface area contributed by atoms with E-state index >= 15 is 0 Å². The summed E-state index contributed by atoms with van der Waals surface area (Å²) in [6, 6.07) is 5.49. The number of rotatable bonds is 4. The van der Waals surface area contributed by atoms with Gasteiger partial charge in [-0.15, -0.1) is 0 Å². The molecule has 1 aliphatic rings. The Hall–Kier alpha value is -1.26. The average Bonchev–Trinajstić information content (AvgIpc) is 2.65. The molecule has 0 bridgehead atoms. The molecule has 4 heteroatoms. The Labute approximate surface area is 127 Å². The maximum Gasteiger partial charge on any atom is 0.124 e.